The number of aromatic nitrogens is 1. The van der Waals surface area contributed by atoms with Gasteiger partial charge in [-0.3, -0.25) is 24.3 Å². The minimum atomic E-state index is -0.560. The molecule has 1 aliphatic heterocycles. The smallest absolute Gasteiger partial charge is 0.294 e. The van der Waals surface area contributed by atoms with Crippen molar-refractivity contribution in [2.24, 2.45) is 0 Å². The van der Waals surface area contributed by atoms with Crippen molar-refractivity contribution in [2.45, 2.75) is 6.61 Å². The van der Waals surface area contributed by atoms with Gasteiger partial charge in [0.25, 0.3) is 11.1 Å². The molecule has 11 heteroatoms. The summed E-state index contributed by atoms with van der Waals surface area (Å²) in [6.07, 6.45) is 4.94. The van der Waals surface area contributed by atoms with E-state index in [1.807, 2.05) is 12.1 Å². The first-order chi connectivity index (χ1) is 17.9. The Labute approximate surface area is 222 Å². The van der Waals surface area contributed by atoms with E-state index in [1.165, 1.54) is 20.3 Å². The molecule has 190 valence electrons. The Balaban J connectivity index is 1.41. The summed E-state index contributed by atoms with van der Waals surface area (Å²) in [5.41, 5.74) is 2.00. The van der Waals surface area contributed by atoms with Crippen LogP contribution in [-0.4, -0.2) is 47.7 Å². The molecule has 0 saturated carbocycles. The maximum Gasteiger partial charge on any atom is 0.294 e. The van der Waals surface area contributed by atoms with E-state index >= 15 is 0 Å². The average molecular weight is 540 g/mol. The lowest BCUT2D eigenvalue weighted by atomic mass is 10.2. The van der Waals surface area contributed by atoms with Gasteiger partial charge in [-0.05, 0) is 71.4 Å². The molecule has 0 unspecified atom stereocenters. The summed E-state index contributed by atoms with van der Waals surface area (Å²) in [4.78, 5) is 42.9. The van der Waals surface area contributed by atoms with E-state index in [1.54, 1.807) is 48.8 Å². The Kier molecular flexibility index (Phi) is 8.32. The van der Waals surface area contributed by atoms with Crippen LogP contribution in [0.3, 0.4) is 0 Å². The van der Waals surface area contributed by atoms with Crippen LogP contribution in [0.4, 0.5) is 10.5 Å². The maximum absolute atomic E-state index is 12.9. The quantitative estimate of drug-likeness (QED) is 0.378. The summed E-state index contributed by atoms with van der Waals surface area (Å²) in [7, 11) is 3.00. The van der Waals surface area contributed by atoms with E-state index in [4.69, 9.17) is 25.8 Å². The van der Waals surface area contributed by atoms with Gasteiger partial charge >= 0.3 is 0 Å². The van der Waals surface area contributed by atoms with Crippen LogP contribution >= 0.6 is 23.4 Å². The van der Waals surface area contributed by atoms with Gasteiger partial charge in [0, 0.05) is 18.1 Å². The van der Waals surface area contributed by atoms with Gasteiger partial charge in [-0.1, -0.05) is 17.7 Å². The number of amides is 3. The Morgan fingerprint density at radius 2 is 1.76 bits per heavy atom. The van der Waals surface area contributed by atoms with Crippen LogP contribution in [0.2, 0.25) is 5.02 Å². The van der Waals surface area contributed by atoms with Gasteiger partial charge in [0.05, 0.1) is 24.1 Å². The molecule has 4 rings (SSSR count). The van der Waals surface area contributed by atoms with Gasteiger partial charge in [-0.15, -0.1) is 0 Å². The third-order valence-electron chi connectivity index (χ3n) is 5.24. The summed E-state index contributed by atoms with van der Waals surface area (Å²) < 4.78 is 16.4. The monoisotopic (exact) mass is 539 g/mol. The normalized spacial score (nSPS) is 14.1. The molecule has 37 heavy (non-hydrogen) atoms. The standard InChI is InChI=1S/C26H22ClN3O6S/c1-34-20-6-4-18(13-19(20)27)29-24(31)14-30-25(32)23(37-26(30)33)12-17-3-5-21(22(11-17)35-2)36-15-16-7-9-28-10-8-16/h3-13H,14-15H2,1-2H3,(H,29,31)/b23-12+. The number of methoxy groups -OCH3 is 2. The average Bonchev–Trinajstić information content (AvgIpc) is 3.15. The summed E-state index contributed by atoms with van der Waals surface area (Å²) >= 11 is 6.84. The van der Waals surface area contributed by atoms with E-state index in [2.05, 4.69) is 10.3 Å². The summed E-state index contributed by atoms with van der Waals surface area (Å²) in [5, 5.41) is 2.40. The fourth-order valence-electron chi connectivity index (χ4n) is 3.41. The predicted molar refractivity (Wildman–Crippen MR) is 141 cm³/mol. The van der Waals surface area contributed by atoms with Crippen molar-refractivity contribution in [2.75, 3.05) is 26.1 Å². The van der Waals surface area contributed by atoms with Crippen molar-refractivity contribution in [3.05, 3.63) is 82.0 Å². The van der Waals surface area contributed by atoms with Crippen molar-refractivity contribution in [3.63, 3.8) is 0 Å². The fourth-order valence-corrected chi connectivity index (χ4v) is 4.51. The minimum absolute atomic E-state index is 0.192. The molecule has 1 aromatic heterocycles. The number of ether oxygens (including phenoxy) is 3. The largest absolute Gasteiger partial charge is 0.495 e. The number of carbonyl (C=O) groups excluding carboxylic acids is 3. The first kappa shape index (κ1) is 26.1. The fraction of sp³-hybridized carbons (Fsp3) is 0.154. The van der Waals surface area contributed by atoms with Crippen molar-refractivity contribution in [3.8, 4) is 17.2 Å². The number of nitrogens with zero attached hydrogens (tertiary/aromatic N) is 2. The summed E-state index contributed by atoms with van der Waals surface area (Å²) in [5.74, 6) is 0.359. The topological polar surface area (TPSA) is 107 Å². The van der Waals surface area contributed by atoms with Gasteiger partial charge in [-0.2, -0.15) is 0 Å². The second-order valence-electron chi connectivity index (χ2n) is 7.72. The number of anilines is 1. The summed E-state index contributed by atoms with van der Waals surface area (Å²) in [6.45, 7) is -0.0985. The van der Waals surface area contributed by atoms with E-state index in [-0.39, 0.29) is 4.91 Å². The van der Waals surface area contributed by atoms with Gasteiger partial charge in [0.1, 0.15) is 18.9 Å². The predicted octanol–water partition coefficient (Wildman–Crippen LogP) is 5.01. The molecule has 2 heterocycles. The molecule has 9 nitrogen and oxygen atoms in total. The zero-order chi connectivity index (χ0) is 26.4. The van der Waals surface area contributed by atoms with E-state index < -0.39 is 23.6 Å². The third-order valence-corrected chi connectivity index (χ3v) is 6.44. The van der Waals surface area contributed by atoms with Gasteiger partial charge in [0.15, 0.2) is 11.5 Å². The van der Waals surface area contributed by atoms with Crippen molar-refractivity contribution in [1.82, 2.24) is 9.88 Å². The second kappa shape index (κ2) is 11.8. The van der Waals surface area contributed by atoms with E-state index in [9.17, 15) is 14.4 Å². The number of hydrogen-bond acceptors (Lipinski definition) is 8. The van der Waals surface area contributed by atoms with Crippen LogP contribution in [0.25, 0.3) is 6.08 Å². The Morgan fingerprint density at radius 1 is 1.03 bits per heavy atom. The zero-order valence-electron chi connectivity index (χ0n) is 19.9. The molecule has 0 atom stereocenters. The molecule has 0 bridgehead atoms. The van der Waals surface area contributed by atoms with Crippen LogP contribution in [0.15, 0.2) is 65.8 Å². The Bertz CT molecular complexity index is 1370. The van der Waals surface area contributed by atoms with E-state index in [0.29, 0.717) is 40.1 Å². The number of hydrogen-bond donors (Lipinski definition) is 1. The molecule has 0 spiro atoms. The highest BCUT2D eigenvalue weighted by atomic mass is 35.5. The molecule has 2 aromatic carbocycles. The van der Waals surface area contributed by atoms with Gasteiger partial charge in [0.2, 0.25) is 5.91 Å². The van der Waals surface area contributed by atoms with Crippen molar-refractivity contribution >= 4 is 52.2 Å². The molecule has 1 aliphatic rings. The number of halogens is 1. The van der Waals surface area contributed by atoms with Gasteiger partial charge < -0.3 is 19.5 Å². The number of thioether (sulfide) groups is 1. The zero-order valence-corrected chi connectivity index (χ0v) is 21.5. The summed E-state index contributed by atoms with van der Waals surface area (Å²) in [6, 6.07) is 13.6. The molecule has 0 radical (unpaired) electrons. The van der Waals surface area contributed by atoms with Crippen LogP contribution in [0.5, 0.6) is 17.2 Å². The highest BCUT2D eigenvalue weighted by Crippen LogP contribution is 2.35. The van der Waals surface area contributed by atoms with Crippen LogP contribution in [-0.2, 0) is 16.2 Å². The SMILES string of the molecule is COc1ccc(NC(=O)CN2C(=O)S/C(=C/c3ccc(OCc4ccncc4)c(OC)c3)C2=O)cc1Cl. The lowest BCUT2D eigenvalue weighted by molar-refractivity contribution is -0.127. The Hall–Kier alpha value is -4.02. The number of imide groups is 1. The lowest BCUT2D eigenvalue weighted by Gasteiger charge is -2.13. The molecule has 3 amide bonds. The number of pyridine rings is 1. The lowest BCUT2D eigenvalue weighted by Crippen LogP contribution is -2.36. The molecule has 1 fully saturated rings. The van der Waals surface area contributed by atoms with Crippen molar-refractivity contribution in [1.29, 1.82) is 0 Å². The molecular formula is C26H22ClN3O6S. The maximum atomic E-state index is 12.9. The molecule has 1 N–H and O–H groups in total. The molecule has 1 saturated heterocycles. The number of benzene rings is 2. The molecule has 3 aromatic rings. The first-order valence-electron chi connectivity index (χ1n) is 11.0. The third kappa shape index (κ3) is 6.41. The number of rotatable bonds is 9. The molecule has 0 aliphatic carbocycles. The van der Waals surface area contributed by atoms with E-state index in [0.717, 1.165) is 22.2 Å². The van der Waals surface area contributed by atoms with Crippen molar-refractivity contribution < 1.29 is 28.6 Å². The van der Waals surface area contributed by atoms with Crippen LogP contribution in [0, 0.1) is 0 Å². The van der Waals surface area contributed by atoms with Gasteiger partial charge in [-0.25, -0.2) is 0 Å². The van der Waals surface area contributed by atoms with Crippen LogP contribution in [0.1, 0.15) is 11.1 Å². The number of nitrogens with one attached hydrogen (secondary N) is 1. The second-order valence-corrected chi connectivity index (χ2v) is 9.12. The molecular weight excluding hydrogens is 518 g/mol. The highest BCUT2D eigenvalue weighted by Gasteiger charge is 2.36. The highest BCUT2D eigenvalue weighted by molar-refractivity contribution is 8.18. The minimum Gasteiger partial charge on any atom is -0.495 e. The van der Waals surface area contributed by atoms with Crippen LogP contribution < -0.4 is 19.5 Å². The first-order valence-corrected chi connectivity index (χ1v) is 12.2. The number of carbonyl (C=O) groups is 3. The Morgan fingerprint density at radius 3 is 2.46 bits per heavy atom.